The summed E-state index contributed by atoms with van der Waals surface area (Å²) < 4.78 is 13.6. The molecule has 0 aromatic heterocycles. The van der Waals surface area contributed by atoms with Crippen LogP contribution < -0.4 is 0 Å². The summed E-state index contributed by atoms with van der Waals surface area (Å²) in [6.07, 6.45) is 49.9. The van der Waals surface area contributed by atoms with Gasteiger partial charge in [0.25, 0.3) is 0 Å². The van der Waals surface area contributed by atoms with E-state index < -0.39 is 10.3 Å². The molecule has 3 saturated carbocycles. The van der Waals surface area contributed by atoms with Gasteiger partial charge < -0.3 is 8.92 Å². The van der Waals surface area contributed by atoms with Crippen LogP contribution in [0.1, 0.15) is 215 Å². The second-order valence-electron chi connectivity index (χ2n) is 20.9. The third-order valence-electron chi connectivity index (χ3n) is 16.0. The molecule has 10 unspecified atom stereocenters. The lowest BCUT2D eigenvalue weighted by atomic mass is 9.47. The molecule has 0 aromatic carbocycles. The molecular weight excluding hydrogens is 677 g/mol. The topological polar surface area (TPSA) is 18.5 Å². The van der Waals surface area contributed by atoms with Gasteiger partial charge in [0.1, 0.15) is 0 Å². The van der Waals surface area contributed by atoms with E-state index in [0.29, 0.717) is 16.9 Å². The Balaban J connectivity index is 1.20. The third-order valence-corrected chi connectivity index (χ3v) is 16.8. The summed E-state index contributed by atoms with van der Waals surface area (Å²) in [4.78, 5) is 0. The first-order valence-corrected chi connectivity index (χ1v) is 27.0. The fraction of sp³-hybridized carbons (Fsp3) is 0.922. The number of allylic oxidation sites excluding steroid dienone is 3. The van der Waals surface area contributed by atoms with Gasteiger partial charge in [0.2, 0.25) is 0 Å². The molecule has 4 rings (SSSR count). The molecular formula is C51H94O2S. The second kappa shape index (κ2) is 22.8. The molecule has 316 valence electrons. The summed E-state index contributed by atoms with van der Waals surface area (Å²) in [7, 11) is -1.08. The lowest BCUT2D eigenvalue weighted by molar-refractivity contribution is -0.134. The van der Waals surface area contributed by atoms with E-state index in [1.807, 2.05) is 0 Å². The Morgan fingerprint density at radius 3 is 2.02 bits per heavy atom. The first-order valence-electron chi connectivity index (χ1n) is 24.2. The SMILES string of the molecule is CCCCCCCC/C=C\CCCCCCCCC(OC1CCC2(C)C(=CCC3C2CCC2(C)C(C(C)CCC(CC)C(C)C)CCC32)C1)OS(C)(C)C. The van der Waals surface area contributed by atoms with Gasteiger partial charge in [-0.2, -0.15) is 0 Å². The van der Waals surface area contributed by atoms with Crippen molar-refractivity contribution >= 4 is 10.3 Å². The Kier molecular flexibility index (Phi) is 19.6. The van der Waals surface area contributed by atoms with Crippen molar-refractivity contribution in [1.82, 2.24) is 0 Å². The molecule has 0 saturated heterocycles. The summed E-state index contributed by atoms with van der Waals surface area (Å²) >= 11 is 0. The summed E-state index contributed by atoms with van der Waals surface area (Å²) in [5, 5.41) is 0. The van der Waals surface area contributed by atoms with Gasteiger partial charge >= 0.3 is 0 Å². The molecule has 10 atom stereocenters. The van der Waals surface area contributed by atoms with Gasteiger partial charge in [0.15, 0.2) is 6.29 Å². The number of hydrogen-bond acceptors (Lipinski definition) is 2. The van der Waals surface area contributed by atoms with Gasteiger partial charge in [-0.05, 0) is 167 Å². The molecule has 4 aliphatic carbocycles. The number of rotatable bonds is 26. The Bertz CT molecular complexity index is 1100. The van der Waals surface area contributed by atoms with Crippen molar-refractivity contribution in [3.8, 4) is 0 Å². The van der Waals surface area contributed by atoms with Gasteiger partial charge in [-0.1, -0.05) is 143 Å². The zero-order valence-corrected chi connectivity index (χ0v) is 38.9. The van der Waals surface area contributed by atoms with Crippen molar-refractivity contribution in [2.45, 2.75) is 228 Å². The maximum atomic E-state index is 6.96. The van der Waals surface area contributed by atoms with E-state index in [0.717, 1.165) is 54.3 Å². The van der Waals surface area contributed by atoms with Gasteiger partial charge in [-0.3, -0.25) is 0 Å². The molecule has 4 aliphatic rings. The zero-order chi connectivity index (χ0) is 39.2. The number of unbranched alkanes of at least 4 members (excludes halogenated alkanes) is 12. The Labute approximate surface area is 340 Å². The minimum Gasteiger partial charge on any atom is -0.348 e. The van der Waals surface area contributed by atoms with Crippen LogP contribution in [0.5, 0.6) is 0 Å². The highest BCUT2D eigenvalue weighted by Crippen LogP contribution is 2.67. The third kappa shape index (κ3) is 13.4. The molecule has 3 fully saturated rings. The maximum Gasteiger partial charge on any atom is 0.168 e. The maximum absolute atomic E-state index is 6.96. The normalized spacial score (nSPS) is 31.9. The molecule has 0 aromatic rings. The van der Waals surface area contributed by atoms with Crippen LogP contribution in [-0.2, 0) is 8.92 Å². The minimum atomic E-state index is -1.08. The fourth-order valence-corrected chi connectivity index (χ4v) is 13.4. The Morgan fingerprint density at radius 2 is 1.39 bits per heavy atom. The molecule has 3 heteroatoms. The van der Waals surface area contributed by atoms with E-state index in [-0.39, 0.29) is 6.29 Å². The Morgan fingerprint density at radius 1 is 0.741 bits per heavy atom. The van der Waals surface area contributed by atoms with Crippen molar-refractivity contribution in [1.29, 1.82) is 0 Å². The van der Waals surface area contributed by atoms with Crippen molar-refractivity contribution in [3.63, 3.8) is 0 Å². The predicted octanol–water partition coefficient (Wildman–Crippen LogP) is 16.4. The van der Waals surface area contributed by atoms with Crippen LogP contribution in [-0.4, -0.2) is 31.2 Å². The molecule has 0 spiro atoms. The molecule has 0 radical (unpaired) electrons. The molecule has 0 N–H and O–H groups in total. The largest absolute Gasteiger partial charge is 0.348 e. The molecule has 0 amide bonds. The standard InChI is InChI=1S/C51H94O2S/c1-11-13-14-15-16-17-18-19-20-21-22-23-24-25-26-27-28-49(53-54(8,9)10)52-44-35-37-50(6)43(39-44)31-32-45-47-34-33-46(51(47,7)38-36-48(45)50)41(5)29-30-42(12-2)40(3)4/h19-20,31,40-42,44-49H,11-18,21-30,32-39H2,1-10H3/b20-19-. The first-order chi connectivity index (χ1) is 25.8. The monoisotopic (exact) mass is 771 g/mol. The second-order valence-corrected chi connectivity index (χ2v) is 24.6. The van der Waals surface area contributed by atoms with Crippen molar-refractivity contribution in [2.75, 3.05) is 18.8 Å². The molecule has 0 bridgehead atoms. The van der Waals surface area contributed by atoms with Gasteiger partial charge in [-0.15, -0.1) is 10.3 Å². The number of hydrogen-bond donors (Lipinski definition) is 0. The summed E-state index contributed by atoms with van der Waals surface area (Å²) in [6.45, 7) is 17.7. The van der Waals surface area contributed by atoms with Crippen molar-refractivity contribution < 1.29 is 8.92 Å². The number of ether oxygens (including phenoxy) is 1. The summed E-state index contributed by atoms with van der Waals surface area (Å²) in [5.74, 6) is 6.26. The zero-order valence-electron chi connectivity index (χ0n) is 38.0. The van der Waals surface area contributed by atoms with E-state index in [1.54, 1.807) is 5.57 Å². The van der Waals surface area contributed by atoms with Crippen LogP contribution >= 0.6 is 10.3 Å². The minimum absolute atomic E-state index is 0.0379. The van der Waals surface area contributed by atoms with Gasteiger partial charge in [0.05, 0.1) is 6.10 Å². The summed E-state index contributed by atoms with van der Waals surface area (Å²) in [5.41, 5.74) is 2.70. The fourth-order valence-electron chi connectivity index (χ4n) is 12.6. The smallest absolute Gasteiger partial charge is 0.168 e. The lowest BCUT2D eigenvalue weighted by Gasteiger charge is -2.58. The van der Waals surface area contributed by atoms with Crippen LogP contribution in [0.4, 0.5) is 0 Å². The number of fused-ring (bicyclic) bond motifs is 5. The lowest BCUT2D eigenvalue weighted by Crippen LogP contribution is -2.51. The van der Waals surface area contributed by atoms with Crippen LogP contribution in [0.3, 0.4) is 0 Å². The predicted molar refractivity (Wildman–Crippen MR) is 241 cm³/mol. The van der Waals surface area contributed by atoms with Crippen LogP contribution in [0.15, 0.2) is 23.8 Å². The quantitative estimate of drug-likeness (QED) is 0.0495. The van der Waals surface area contributed by atoms with Crippen molar-refractivity contribution in [3.05, 3.63) is 23.8 Å². The Hall–Kier alpha value is -0.250. The van der Waals surface area contributed by atoms with E-state index in [2.05, 4.69) is 85.5 Å². The van der Waals surface area contributed by atoms with E-state index >= 15 is 0 Å². The van der Waals surface area contributed by atoms with Crippen molar-refractivity contribution in [2.24, 2.45) is 52.3 Å². The molecule has 0 heterocycles. The van der Waals surface area contributed by atoms with Crippen LogP contribution in [0.25, 0.3) is 0 Å². The first kappa shape index (κ1) is 46.4. The van der Waals surface area contributed by atoms with E-state index in [1.165, 1.54) is 154 Å². The molecule has 54 heavy (non-hydrogen) atoms. The van der Waals surface area contributed by atoms with E-state index in [4.69, 9.17) is 8.92 Å². The highest BCUT2D eigenvalue weighted by atomic mass is 32.3. The molecule has 0 aliphatic heterocycles. The average molecular weight is 771 g/mol. The van der Waals surface area contributed by atoms with E-state index in [9.17, 15) is 0 Å². The molecule has 2 nitrogen and oxygen atoms in total. The highest BCUT2D eigenvalue weighted by Gasteiger charge is 2.59. The van der Waals surface area contributed by atoms with Gasteiger partial charge in [-0.25, -0.2) is 0 Å². The summed E-state index contributed by atoms with van der Waals surface area (Å²) in [6, 6.07) is 0. The highest BCUT2D eigenvalue weighted by molar-refractivity contribution is 8.28. The van der Waals surface area contributed by atoms with Crippen LogP contribution in [0.2, 0.25) is 0 Å². The average Bonchev–Trinajstić information content (AvgIpc) is 3.48. The van der Waals surface area contributed by atoms with Crippen LogP contribution in [0, 0.1) is 52.3 Å². The van der Waals surface area contributed by atoms with Gasteiger partial charge in [0, 0.05) is 0 Å².